The normalized spacial score (nSPS) is 11.8. The second kappa shape index (κ2) is 7.13. The van der Waals surface area contributed by atoms with Crippen LogP contribution in [-0.2, 0) is 6.42 Å². The fourth-order valence-electron chi connectivity index (χ4n) is 2.69. The first kappa shape index (κ1) is 17.1. The Morgan fingerprint density at radius 1 is 1.07 bits per heavy atom. The molecule has 0 fully saturated rings. The second-order valence-electron chi connectivity index (χ2n) is 5.91. The first-order valence-electron chi connectivity index (χ1n) is 8.26. The Labute approximate surface area is 158 Å². The van der Waals surface area contributed by atoms with Crippen LogP contribution in [0.1, 0.15) is 16.8 Å². The maximum Gasteiger partial charge on any atom is 0.296 e. The maximum absolute atomic E-state index is 12.7. The number of hydrogen-bond acceptors (Lipinski definition) is 6. The Balaban J connectivity index is 1.76. The van der Waals surface area contributed by atoms with E-state index in [9.17, 15) is 9.59 Å². The zero-order valence-electron chi connectivity index (χ0n) is 14.5. The molecule has 2 aromatic heterocycles. The summed E-state index contributed by atoms with van der Waals surface area (Å²) in [5.74, 6) is 0.734. The van der Waals surface area contributed by atoms with E-state index in [1.165, 1.54) is 4.52 Å². The van der Waals surface area contributed by atoms with Gasteiger partial charge in [-0.1, -0.05) is 53.8 Å². The average molecular weight is 377 g/mol. The van der Waals surface area contributed by atoms with Crippen LogP contribution in [0, 0.1) is 0 Å². The minimum atomic E-state index is -0.418. The van der Waals surface area contributed by atoms with E-state index in [-0.39, 0.29) is 11.3 Å². The van der Waals surface area contributed by atoms with E-state index in [0.717, 1.165) is 28.2 Å². The van der Waals surface area contributed by atoms with Crippen molar-refractivity contribution in [1.29, 1.82) is 0 Å². The van der Waals surface area contributed by atoms with E-state index in [4.69, 9.17) is 4.74 Å². The predicted octanol–water partition coefficient (Wildman–Crippen LogP) is 1.66. The molecule has 2 heterocycles. The molecule has 0 radical (unpaired) electrons. The average Bonchev–Trinajstić information content (AvgIpc) is 2.98. The summed E-state index contributed by atoms with van der Waals surface area (Å²) < 4.78 is 6.83. The molecule has 4 rings (SSSR count). The van der Waals surface area contributed by atoms with Crippen molar-refractivity contribution in [3.63, 3.8) is 0 Å². The Kier molecular flexibility index (Phi) is 4.52. The van der Waals surface area contributed by atoms with Crippen molar-refractivity contribution in [2.24, 2.45) is 0 Å². The zero-order chi connectivity index (χ0) is 18.8. The third-order valence-corrected chi connectivity index (χ3v) is 5.04. The first-order valence-corrected chi connectivity index (χ1v) is 9.08. The Bertz CT molecular complexity index is 1260. The third kappa shape index (κ3) is 3.50. The zero-order valence-corrected chi connectivity index (χ0v) is 15.3. The Hall–Kier alpha value is -3.32. The van der Waals surface area contributed by atoms with Gasteiger partial charge < -0.3 is 4.74 Å². The topological polar surface area (TPSA) is 73.6 Å². The van der Waals surface area contributed by atoms with Crippen LogP contribution in [-0.4, -0.2) is 21.7 Å². The molecule has 0 aliphatic rings. The summed E-state index contributed by atoms with van der Waals surface area (Å²) >= 11 is 1.16. The number of hydrogen-bond donors (Lipinski definition) is 0. The van der Waals surface area contributed by atoms with E-state index in [1.807, 2.05) is 54.6 Å². The number of nitrogens with zero attached hydrogens (tertiary/aromatic N) is 3. The molecule has 0 aliphatic carbocycles. The van der Waals surface area contributed by atoms with E-state index in [1.54, 1.807) is 13.2 Å². The van der Waals surface area contributed by atoms with Crippen LogP contribution in [0.15, 0.2) is 64.2 Å². The predicted molar refractivity (Wildman–Crippen MR) is 104 cm³/mol. The van der Waals surface area contributed by atoms with Crippen molar-refractivity contribution in [3.8, 4) is 5.75 Å². The number of benzene rings is 2. The molecule has 0 saturated heterocycles. The molecule has 27 heavy (non-hydrogen) atoms. The van der Waals surface area contributed by atoms with E-state index in [0.29, 0.717) is 15.9 Å². The van der Waals surface area contributed by atoms with Crippen molar-refractivity contribution >= 4 is 22.4 Å². The third-order valence-electron chi connectivity index (χ3n) is 4.08. The van der Waals surface area contributed by atoms with E-state index < -0.39 is 5.56 Å². The lowest BCUT2D eigenvalue weighted by Crippen LogP contribution is -2.28. The molecule has 7 heteroatoms. The van der Waals surface area contributed by atoms with Gasteiger partial charge >= 0.3 is 0 Å². The van der Waals surface area contributed by atoms with Gasteiger partial charge in [0, 0.05) is 6.42 Å². The lowest BCUT2D eigenvalue weighted by molar-refractivity contribution is 0.414. The molecule has 0 unspecified atom stereocenters. The Morgan fingerprint density at radius 3 is 2.52 bits per heavy atom. The highest BCUT2D eigenvalue weighted by Crippen LogP contribution is 2.13. The molecular weight excluding hydrogens is 362 g/mol. The number of ether oxygens (including phenoxy) is 1. The number of methoxy groups -OCH3 is 1. The van der Waals surface area contributed by atoms with Gasteiger partial charge in [-0.2, -0.15) is 14.6 Å². The van der Waals surface area contributed by atoms with Crippen molar-refractivity contribution in [2.45, 2.75) is 6.42 Å². The van der Waals surface area contributed by atoms with Crippen LogP contribution in [0.4, 0.5) is 0 Å². The number of thiazole rings is 1. The van der Waals surface area contributed by atoms with Gasteiger partial charge in [0.2, 0.25) is 4.96 Å². The van der Waals surface area contributed by atoms with Crippen LogP contribution in [0.25, 0.3) is 11.0 Å². The monoisotopic (exact) mass is 377 g/mol. The second-order valence-corrected chi connectivity index (χ2v) is 6.92. The van der Waals surface area contributed by atoms with Gasteiger partial charge in [-0.3, -0.25) is 9.59 Å². The maximum atomic E-state index is 12.7. The van der Waals surface area contributed by atoms with Crippen LogP contribution in [0.5, 0.6) is 5.75 Å². The van der Waals surface area contributed by atoms with Gasteiger partial charge in [-0.05, 0) is 29.3 Å². The molecule has 6 nitrogen and oxygen atoms in total. The van der Waals surface area contributed by atoms with Gasteiger partial charge in [0.25, 0.3) is 11.1 Å². The van der Waals surface area contributed by atoms with Crippen LogP contribution < -0.4 is 20.4 Å². The fraction of sp³-hybridized carbons (Fsp3) is 0.100. The minimum absolute atomic E-state index is 0.235. The highest BCUT2D eigenvalue weighted by molar-refractivity contribution is 7.15. The highest BCUT2D eigenvalue weighted by atomic mass is 32.1. The number of rotatable bonds is 4. The molecule has 0 amide bonds. The van der Waals surface area contributed by atoms with Crippen molar-refractivity contribution in [2.75, 3.05) is 7.11 Å². The van der Waals surface area contributed by atoms with Crippen molar-refractivity contribution < 1.29 is 4.74 Å². The van der Waals surface area contributed by atoms with E-state index in [2.05, 4.69) is 10.1 Å². The largest absolute Gasteiger partial charge is 0.497 e. The molecule has 0 aliphatic heterocycles. The molecule has 134 valence electrons. The summed E-state index contributed by atoms with van der Waals surface area (Å²) in [5.41, 5.74) is 1.34. The quantitative estimate of drug-likeness (QED) is 0.541. The van der Waals surface area contributed by atoms with Gasteiger partial charge in [-0.25, -0.2) is 0 Å². The van der Waals surface area contributed by atoms with Gasteiger partial charge in [0.05, 0.1) is 11.6 Å². The molecule has 0 atom stereocenters. The minimum Gasteiger partial charge on any atom is -0.497 e. The van der Waals surface area contributed by atoms with Crippen LogP contribution in [0.2, 0.25) is 0 Å². The van der Waals surface area contributed by atoms with Crippen LogP contribution >= 0.6 is 11.3 Å². The standard InChI is InChI=1S/C20H15N3O3S/c1-26-15-9-7-14(8-10-15)11-16-18(24)21-20-23(22-16)19(25)17(27-20)12-13-5-3-2-4-6-13/h2-10,12H,11H2,1H3/b17-12-. The molecule has 0 saturated carbocycles. The molecular formula is C20H15N3O3S. The number of aromatic nitrogens is 3. The molecule has 0 bridgehead atoms. The summed E-state index contributed by atoms with van der Waals surface area (Å²) in [6, 6.07) is 16.9. The van der Waals surface area contributed by atoms with Crippen LogP contribution in [0.3, 0.4) is 0 Å². The van der Waals surface area contributed by atoms with Gasteiger partial charge in [0.1, 0.15) is 11.4 Å². The summed E-state index contributed by atoms with van der Waals surface area (Å²) in [5, 5.41) is 4.26. The van der Waals surface area contributed by atoms with Gasteiger partial charge in [0.15, 0.2) is 0 Å². The molecule has 2 aromatic carbocycles. The fourth-order valence-corrected chi connectivity index (χ4v) is 3.59. The smallest absolute Gasteiger partial charge is 0.296 e. The Morgan fingerprint density at radius 2 is 1.81 bits per heavy atom. The van der Waals surface area contributed by atoms with Crippen molar-refractivity contribution in [1.82, 2.24) is 14.6 Å². The lowest BCUT2D eigenvalue weighted by Gasteiger charge is -2.02. The summed E-state index contributed by atoms with van der Waals surface area (Å²) in [4.78, 5) is 29.3. The lowest BCUT2D eigenvalue weighted by atomic mass is 10.1. The summed E-state index contributed by atoms with van der Waals surface area (Å²) in [7, 11) is 1.59. The highest BCUT2D eigenvalue weighted by Gasteiger charge is 2.11. The summed E-state index contributed by atoms with van der Waals surface area (Å²) in [6.45, 7) is 0. The van der Waals surface area contributed by atoms with Gasteiger partial charge in [-0.15, -0.1) is 0 Å². The molecule has 0 N–H and O–H groups in total. The molecule has 0 spiro atoms. The first-order chi connectivity index (χ1) is 13.1. The van der Waals surface area contributed by atoms with Crippen molar-refractivity contribution in [3.05, 3.63) is 96.7 Å². The SMILES string of the molecule is COc1ccc(Cc2nn3c(=O)/c(=C/c4ccccc4)sc3nc2=O)cc1. The van der Waals surface area contributed by atoms with E-state index >= 15 is 0 Å². The number of fused-ring (bicyclic) bond motifs is 1. The molecule has 4 aromatic rings. The summed E-state index contributed by atoms with van der Waals surface area (Å²) in [6.07, 6.45) is 2.07.